The molecule has 0 bridgehead atoms. The Morgan fingerprint density at radius 1 is 0.553 bits per heavy atom. The molecule has 7 heteroatoms. The SMILES string of the molecule is CC(C)(C)c1cc(P(Cn2cccc2)n2cccc2)c2c(c1)C(C)(C)c1cc(C(C)(C)C)cc(P(n3cccc3)n3cccc3)c1O2. The maximum Gasteiger partial charge on any atom is 0.142 e. The zero-order valence-electron chi connectivity index (χ0n) is 28.8. The molecule has 0 radical (unpaired) electrons. The molecular weight excluding hydrogens is 614 g/mol. The van der Waals surface area contributed by atoms with Crippen molar-refractivity contribution < 1.29 is 4.74 Å². The Morgan fingerprint density at radius 2 is 0.957 bits per heavy atom. The predicted octanol–water partition coefficient (Wildman–Crippen LogP) is 10.2. The van der Waals surface area contributed by atoms with Gasteiger partial charge in [-0.3, -0.25) is 0 Å². The van der Waals surface area contributed by atoms with Gasteiger partial charge in [0.2, 0.25) is 0 Å². The number of ether oxygens (including phenoxy) is 1. The van der Waals surface area contributed by atoms with Crippen molar-refractivity contribution in [2.24, 2.45) is 0 Å². The van der Waals surface area contributed by atoms with Gasteiger partial charge < -0.3 is 22.3 Å². The fourth-order valence-corrected chi connectivity index (χ4v) is 10.8. The molecule has 1 unspecified atom stereocenters. The van der Waals surface area contributed by atoms with E-state index in [-0.39, 0.29) is 16.2 Å². The number of fused-ring (bicyclic) bond motifs is 2. The van der Waals surface area contributed by atoms with Crippen molar-refractivity contribution in [1.82, 2.24) is 17.6 Å². The van der Waals surface area contributed by atoms with Crippen molar-refractivity contribution in [3.63, 3.8) is 0 Å². The quantitative estimate of drug-likeness (QED) is 0.157. The van der Waals surface area contributed by atoms with Gasteiger partial charge in [0.15, 0.2) is 0 Å². The largest absolute Gasteiger partial charge is 0.455 e. The molecule has 47 heavy (non-hydrogen) atoms. The second-order valence-electron chi connectivity index (χ2n) is 15.2. The lowest BCUT2D eigenvalue weighted by atomic mass is 9.72. The van der Waals surface area contributed by atoms with E-state index in [1.807, 2.05) is 0 Å². The van der Waals surface area contributed by atoms with Crippen LogP contribution in [0.3, 0.4) is 0 Å². The van der Waals surface area contributed by atoms with Crippen LogP contribution >= 0.6 is 16.3 Å². The Hall–Kier alpha value is -3.78. The van der Waals surface area contributed by atoms with E-state index in [9.17, 15) is 0 Å². The predicted molar refractivity (Wildman–Crippen MR) is 200 cm³/mol. The third-order valence-electron chi connectivity index (χ3n) is 9.36. The van der Waals surface area contributed by atoms with Crippen LogP contribution in [0.15, 0.2) is 122 Å². The molecule has 5 nitrogen and oxygen atoms in total. The molecule has 0 amide bonds. The zero-order chi connectivity index (χ0) is 33.1. The Bertz CT molecular complexity index is 1940. The highest BCUT2D eigenvalue weighted by atomic mass is 31.1. The number of nitrogens with zero attached hydrogens (tertiary/aromatic N) is 4. The van der Waals surface area contributed by atoms with Crippen molar-refractivity contribution >= 4 is 26.9 Å². The molecule has 0 spiro atoms. The summed E-state index contributed by atoms with van der Waals surface area (Å²) in [5.74, 6) is 2.01. The molecule has 1 aliphatic heterocycles. The molecule has 4 aromatic heterocycles. The van der Waals surface area contributed by atoms with E-state index >= 15 is 0 Å². The van der Waals surface area contributed by atoms with E-state index in [0.29, 0.717) is 0 Å². The Balaban J connectivity index is 1.52. The van der Waals surface area contributed by atoms with Gasteiger partial charge in [-0.15, -0.1) is 0 Å². The van der Waals surface area contributed by atoms with Gasteiger partial charge in [-0.1, -0.05) is 67.5 Å². The normalized spacial score (nSPS) is 14.9. The highest BCUT2D eigenvalue weighted by Crippen LogP contribution is 2.55. The molecule has 0 saturated heterocycles. The summed E-state index contributed by atoms with van der Waals surface area (Å²) in [6.07, 6.45) is 18.4. The van der Waals surface area contributed by atoms with E-state index in [1.165, 1.54) is 32.9 Å². The van der Waals surface area contributed by atoms with Crippen molar-refractivity contribution in [1.29, 1.82) is 0 Å². The van der Waals surface area contributed by atoms with Crippen molar-refractivity contribution in [2.45, 2.75) is 77.9 Å². The van der Waals surface area contributed by atoms with E-state index in [2.05, 4.69) is 195 Å². The summed E-state index contributed by atoms with van der Waals surface area (Å²) in [5.41, 5.74) is 4.83. The highest BCUT2D eigenvalue weighted by molar-refractivity contribution is 7.63. The van der Waals surface area contributed by atoms with Crippen LogP contribution in [0.2, 0.25) is 0 Å². The van der Waals surface area contributed by atoms with Gasteiger partial charge in [-0.25, -0.2) is 0 Å². The zero-order valence-corrected chi connectivity index (χ0v) is 30.6. The third kappa shape index (κ3) is 5.83. The maximum atomic E-state index is 7.47. The van der Waals surface area contributed by atoms with Crippen LogP contribution in [0.25, 0.3) is 0 Å². The minimum absolute atomic E-state index is 0.0269. The lowest BCUT2D eigenvalue weighted by Gasteiger charge is -2.40. The van der Waals surface area contributed by atoms with Gasteiger partial charge >= 0.3 is 0 Å². The van der Waals surface area contributed by atoms with Crippen LogP contribution in [0, 0.1) is 0 Å². The summed E-state index contributed by atoms with van der Waals surface area (Å²) in [5, 5.41) is 2.51. The molecule has 2 aromatic carbocycles. The number of benzene rings is 2. The monoisotopic (exact) mass is 660 g/mol. The first-order chi connectivity index (χ1) is 22.3. The van der Waals surface area contributed by atoms with Crippen molar-refractivity contribution in [2.75, 3.05) is 0 Å². The fraction of sp³-hybridized carbons (Fsp3) is 0.300. The number of aromatic nitrogens is 4. The van der Waals surface area contributed by atoms with Gasteiger partial charge in [-0.2, -0.15) is 0 Å². The second kappa shape index (κ2) is 11.7. The molecule has 7 rings (SSSR count). The second-order valence-corrected chi connectivity index (χ2v) is 19.2. The maximum absolute atomic E-state index is 7.47. The van der Waals surface area contributed by atoms with Crippen molar-refractivity contribution in [3.05, 3.63) is 145 Å². The summed E-state index contributed by atoms with van der Waals surface area (Å²) in [7, 11) is -1.84. The van der Waals surface area contributed by atoms with Crippen LogP contribution in [0.1, 0.15) is 77.6 Å². The summed E-state index contributed by atoms with van der Waals surface area (Å²) in [4.78, 5) is 0. The molecule has 0 N–H and O–H groups in total. The smallest absolute Gasteiger partial charge is 0.142 e. The van der Waals surface area contributed by atoms with Crippen LogP contribution in [0.4, 0.5) is 0 Å². The minimum atomic E-state index is -0.996. The highest BCUT2D eigenvalue weighted by Gasteiger charge is 2.41. The third-order valence-corrected chi connectivity index (χ3v) is 13.8. The molecule has 0 fully saturated rings. The number of hydrogen-bond donors (Lipinski definition) is 0. The first-order valence-corrected chi connectivity index (χ1v) is 19.2. The van der Waals surface area contributed by atoms with E-state index in [1.54, 1.807) is 0 Å². The molecule has 1 atom stereocenters. The molecule has 242 valence electrons. The molecule has 5 heterocycles. The summed E-state index contributed by atoms with van der Waals surface area (Å²) in [6.45, 7) is 18.7. The molecule has 6 aromatic rings. The fourth-order valence-electron chi connectivity index (χ4n) is 6.47. The summed E-state index contributed by atoms with van der Waals surface area (Å²) < 4.78 is 16.9. The van der Waals surface area contributed by atoms with E-state index in [0.717, 1.165) is 17.8 Å². The van der Waals surface area contributed by atoms with E-state index < -0.39 is 16.3 Å². The summed E-state index contributed by atoms with van der Waals surface area (Å²) >= 11 is 0. The topological polar surface area (TPSA) is 28.9 Å². The number of rotatable bonds is 7. The average molecular weight is 661 g/mol. The molecule has 1 aliphatic rings. The van der Waals surface area contributed by atoms with Crippen LogP contribution < -0.4 is 15.3 Å². The summed E-state index contributed by atoms with van der Waals surface area (Å²) in [6, 6.07) is 26.7. The van der Waals surface area contributed by atoms with Gasteiger partial charge in [0.1, 0.15) is 19.7 Å². The van der Waals surface area contributed by atoms with Gasteiger partial charge in [0.25, 0.3) is 0 Å². The molecule has 0 aliphatic carbocycles. The van der Waals surface area contributed by atoms with Gasteiger partial charge in [0, 0.05) is 71.4 Å². The van der Waals surface area contributed by atoms with E-state index in [4.69, 9.17) is 4.74 Å². The van der Waals surface area contributed by atoms with Crippen LogP contribution in [0.5, 0.6) is 11.5 Å². The average Bonchev–Trinajstić information content (AvgIpc) is 3.84. The van der Waals surface area contributed by atoms with Crippen LogP contribution in [-0.2, 0) is 22.5 Å². The Labute approximate surface area is 282 Å². The number of hydrogen-bond acceptors (Lipinski definition) is 1. The molecular formula is C40H46N4OP2. The van der Waals surface area contributed by atoms with Crippen LogP contribution in [-0.4, -0.2) is 17.6 Å². The lowest BCUT2D eigenvalue weighted by Crippen LogP contribution is -2.33. The van der Waals surface area contributed by atoms with Gasteiger partial charge in [-0.05, 0) is 82.6 Å². The Morgan fingerprint density at radius 3 is 1.43 bits per heavy atom. The Kier molecular flexibility index (Phi) is 7.93. The standard InChI is InChI=1S/C40H46N4OP2/c1-38(2,3)30-25-32-36(34(27-30)46(42-19-11-12-20-42)29-41-17-9-10-18-41)45-37-33(40(32,7)8)26-31(39(4,5)6)28-35(37)47(43-21-13-14-22-43)44-23-15-16-24-44/h9-28H,29H2,1-8H3. The first kappa shape index (κ1) is 31.8. The first-order valence-electron chi connectivity index (χ1n) is 16.5. The van der Waals surface area contributed by atoms with Gasteiger partial charge in [0.05, 0.1) is 19.7 Å². The molecule has 0 saturated carbocycles. The lowest BCUT2D eigenvalue weighted by molar-refractivity contribution is 0.421. The minimum Gasteiger partial charge on any atom is -0.455 e. The van der Waals surface area contributed by atoms with Crippen molar-refractivity contribution in [3.8, 4) is 11.5 Å².